The Bertz CT molecular complexity index is 1200. The molecule has 2 heterocycles. The summed E-state index contributed by atoms with van der Waals surface area (Å²) in [6.07, 6.45) is 3.35. The Morgan fingerprint density at radius 2 is 1.93 bits per heavy atom. The summed E-state index contributed by atoms with van der Waals surface area (Å²) < 4.78 is 3.90. The molecule has 2 aromatic carbocycles. The molecule has 3 aromatic rings. The smallest absolute Gasteiger partial charge is 0.261 e. The Morgan fingerprint density at radius 3 is 2.64 bits per heavy atom. The minimum Gasteiger partial charge on any atom is -0.343 e. The second-order valence-corrected chi connectivity index (χ2v) is 9.19. The van der Waals surface area contributed by atoms with Gasteiger partial charge in [0.25, 0.3) is 5.91 Å². The summed E-state index contributed by atoms with van der Waals surface area (Å²) in [6.45, 7) is 6.11. The third-order valence-electron chi connectivity index (χ3n) is 5.41. The van der Waals surface area contributed by atoms with E-state index in [0.29, 0.717) is 5.39 Å². The average Bonchev–Trinajstić information content (AvgIpc) is 2.94. The summed E-state index contributed by atoms with van der Waals surface area (Å²) in [5.41, 5.74) is 4.79. The third kappa shape index (κ3) is 3.12. The van der Waals surface area contributed by atoms with Crippen LogP contribution in [-0.4, -0.2) is 10.5 Å². The van der Waals surface area contributed by atoms with Crippen molar-refractivity contribution < 1.29 is 4.79 Å². The number of aryl methyl sites for hydroxylation is 2. The molecule has 0 saturated carbocycles. The molecule has 0 fully saturated rings. The third-order valence-corrected chi connectivity index (χ3v) is 6.32. The highest BCUT2D eigenvalue weighted by atomic mass is 79.9. The van der Waals surface area contributed by atoms with Crippen LogP contribution in [-0.2, 0) is 12.8 Å². The Morgan fingerprint density at radius 1 is 1.21 bits per heavy atom. The van der Waals surface area contributed by atoms with Crippen LogP contribution in [0, 0.1) is 6.92 Å². The molecule has 144 valence electrons. The number of amides is 1. The second-order valence-electron chi connectivity index (χ2n) is 7.36. The van der Waals surface area contributed by atoms with E-state index in [1.807, 2.05) is 32.0 Å². The summed E-state index contributed by atoms with van der Waals surface area (Å²) in [5.74, 6) is -0.364. The van der Waals surface area contributed by atoms with E-state index in [9.17, 15) is 9.59 Å². The predicted octanol–water partition coefficient (Wildman–Crippen LogP) is 5.77. The van der Waals surface area contributed by atoms with Crippen molar-refractivity contribution in [1.82, 2.24) is 4.57 Å². The molecule has 1 amide bonds. The van der Waals surface area contributed by atoms with Crippen molar-refractivity contribution >= 4 is 54.4 Å². The molecule has 4 nitrogen and oxygen atoms in total. The Labute approximate surface area is 180 Å². The van der Waals surface area contributed by atoms with E-state index in [0.717, 1.165) is 49.7 Å². The Kier molecular flexibility index (Phi) is 4.96. The van der Waals surface area contributed by atoms with Crippen LogP contribution in [0.1, 0.15) is 46.9 Å². The van der Waals surface area contributed by atoms with Gasteiger partial charge in [-0.25, -0.2) is 0 Å². The van der Waals surface area contributed by atoms with Crippen LogP contribution in [0.2, 0.25) is 0 Å². The molecule has 1 N–H and O–H groups in total. The largest absolute Gasteiger partial charge is 0.343 e. The maximum atomic E-state index is 13.1. The van der Waals surface area contributed by atoms with Crippen LogP contribution in [0.15, 0.2) is 44.2 Å². The number of carbonyl (C=O) groups is 1. The lowest BCUT2D eigenvalue weighted by molar-refractivity contribution is 0.102. The summed E-state index contributed by atoms with van der Waals surface area (Å²) in [7, 11) is 0. The molecule has 0 saturated heterocycles. The topological polar surface area (TPSA) is 51.1 Å². The normalized spacial score (nSPS) is 15.2. The lowest BCUT2D eigenvalue weighted by Crippen LogP contribution is -2.24. The van der Waals surface area contributed by atoms with Gasteiger partial charge in [0.2, 0.25) is 5.43 Å². The zero-order valence-electron chi connectivity index (χ0n) is 15.9. The molecular formula is C22H20Br2N2O2. The van der Waals surface area contributed by atoms with E-state index in [1.54, 1.807) is 6.20 Å². The standard InChI is InChI=1S/C22H20Br2N2O2/c1-4-13-7-15(23)5-11(2)19(13)25-22(28)18-10-26-12(3)6-14-8-16(24)9-17(20(14)26)21(18)27/h5,7-10,12H,4,6H2,1-3H3,(H,25,28)/t12-/m0/s1. The van der Waals surface area contributed by atoms with Crippen molar-refractivity contribution in [3.05, 3.63) is 71.9 Å². The molecule has 4 rings (SSSR count). The molecule has 0 bridgehead atoms. The zero-order valence-corrected chi connectivity index (χ0v) is 19.1. The van der Waals surface area contributed by atoms with Crippen LogP contribution >= 0.6 is 31.9 Å². The van der Waals surface area contributed by atoms with E-state index < -0.39 is 0 Å². The van der Waals surface area contributed by atoms with Crippen molar-refractivity contribution in [2.45, 2.75) is 39.7 Å². The van der Waals surface area contributed by atoms with Gasteiger partial charge >= 0.3 is 0 Å². The molecule has 1 aliphatic heterocycles. The number of carbonyl (C=O) groups excluding carboxylic acids is 1. The fourth-order valence-electron chi connectivity index (χ4n) is 4.07. The quantitative estimate of drug-likeness (QED) is 0.493. The van der Waals surface area contributed by atoms with E-state index in [2.05, 4.69) is 54.7 Å². The number of rotatable bonds is 3. The highest BCUT2D eigenvalue weighted by molar-refractivity contribution is 9.10. The fraction of sp³-hybridized carbons (Fsp3) is 0.273. The highest BCUT2D eigenvalue weighted by Gasteiger charge is 2.25. The molecular weight excluding hydrogens is 484 g/mol. The van der Waals surface area contributed by atoms with Crippen LogP contribution in [0.3, 0.4) is 0 Å². The van der Waals surface area contributed by atoms with Gasteiger partial charge in [0.1, 0.15) is 5.56 Å². The molecule has 1 aromatic heterocycles. The van der Waals surface area contributed by atoms with Crippen molar-refractivity contribution in [3.8, 4) is 0 Å². The fourth-order valence-corrected chi connectivity index (χ4v) is 5.20. The first-order valence-electron chi connectivity index (χ1n) is 9.27. The number of nitrogens with one attached hydrogen (secondary N) is 1. The van der Waals surface area contributed by atoms with E-state index >= 15 is 0 Å². The van der Waals surface area contributed by atoms with Crippen molar-refractivity contribution in [1.29, 1.82) is 0 Å². The first-order chi connectivity index (χ1) is 13.3. The molecule has 6 heteroatoms. The molecule has 0 aliphatic carbocycles. The van der Waals surface area contributed by atoms with Gasteiger partial charge < -0.3 is 9.88 Å². The van der Waals surface area contributed by atoms with E-state index in [1.165, 1.54) is 0 Å². The monoisotopic (exact) mass is 502 g/mol. The van der Waals surface area contributed by atoms with Gasteiger partial charge in [0, 0.05) is 32.3 Å². The SMILES string of the molecule is CCc1cc(Br)cc(C)c1NC(=O)c1cn2c3c(cc(Br)cc3c1=O)C[C@@H]2C. The molecule has 0 spiro atoms. The van der Waals surface area contributed by atoms with Crippen LogP contribution in [0.4, 0.5) is 5.69 Å². The highest BCUT2D eigenvalue weighted by Crippen LogP contribution is 2.34. The summed E-state index contributed by atoms with van der Waals surface area (Å²) >= 11 is 7.00. The van der Waals surface area contributed by atoms with Gasteiger partial charge in [-0.1, -0.05) is 38.8 Å². The maximum absolute atomic E-state index is 13.1. The van der Waals surface area contributed by atoms with E-state index in [-0.39, 0.29) is 22.9 Å². The second kappa shape index (κ2) is 7.16. The first kappa shape index (κ1) is 19.4. The predicted molar refractivity (Wildman–Crippen MR) is 121 cm³/mol. The van der Waals surface area contributed by atoms with Gasteiger partial charge in [0.15, 0.2) is 0 Å². The molecule has 1 aliphatic rings. The lowest BCUT2D eigenvalue weighted by Gasteiger charge is -2.16. The minimum absolute atomic E-state index is 0.176. The summed E-state index contributed by atoms with van der Waals surface area (Å²) in [6, 6.07) is 8.04. The number of nitrogens with zero attached hydrogens (tertiary/aromatic N) is 1. The lowest BCUT2D eigenvalue weighted by atomic mass is 10.0. The Balaban J connectivity index is 1.85. The van der Waals surface area contributed by atoms with Gasteiger partial charge in [-0.3, -0.25) is 9.59 Å². The number of anilines is 1. The molecule has 28 heavy (non-hydrogen) atoms. The number of hydrogen-bond donors (Lipinski definition) is 1. The average molecular weight is 504 g/mol. The van der Waals surface area contributed by atoms with Crippen molar-refractivity contribution in [2.24, 2.45) is 0 Å². The number of benzene rings is 2. The van der Waals surface area contributed by atoms with Crippen LogP contribution in [0.25, 0.3) is 10.9 Å². The number of halogens is 2. The maximum Gasteiger partial charge on any atom is 0.261 e. The van der Waals surface area contributed by atoms with Crippen molar-refractivity contribution in [2.75, 3.05) is 5.32 Å². The number of hydrogen-bond acceptors (Lipinski definition) is 2. The zero-order chi connectivity index (χ0) is 20.2. The summed E-state index contributed by atoms with van der Waals surface area (Å²) in [4.78, 5) is 26.3. The molecule has 0 unspecified atom stereocenters. The summed E-state index contributed by atoms with van der Waals surface area (Å²) in [5, 5.41) is 3.58. The van der Waals surface area contributed by atoms with E-state index in [4.69, 9.17) is 0 Å². The molecule has 0 radical (unpaired) electrons. The van der Waals surface area contributed by atoms with Crippen LogP contribution < -0.4 is 10.7 Å². The van der Waals surface area contributed by atoms with Gasteiger partial charge in [0.05, 0.1) is 5.52 Å². The minimum atomic E-state index is -0.364. The molecule has 1 atom stereocenters. The van der Waals surface area contributed by atoms with Crippen molar-refractivity contribution in [3.63, 3.8) is 0 Å². The van der Waals surface area contributed by atoms with Gasteiger partial charge in [-0.05, 0) is 67.6 Å². The van der Waals surface area contributed by atoms with Gasteiger partial charge in [-0.15, -0.1) is 0 Å². The first-order valence-corrected chi connectivity index (χ1v) is 10.9. The number of pyridine rings is 1. The van der Waals surface area contributed by atoms with Crippen LogP contribution in [0.5, 0.6) is 0 Å². The van der Waals surface area contributed by atoms with Gasteiger partial charge in [-0.2, -0.15) is 0 Å². The Hall–Kier alpha value is -1.92. The number of aromatic nitrogens is 1.